The van der Waals surface area contributed by atoms with E-state index < -0.39 is 0 Å². The highest BCUT2D eigenvalue weighted by Gasteiger charge is 2.35. The molecule has 36 heavy (non-hydrogen) atoms. The molecule has 0 amide bonds. The first kappa shape index (κ1) is 22.3. The molecule has 9 nitrogen and oxygen atoms in total. The number of nitrogens with one attached hydrogen (secondary N) is 2. The number of fused-ring (bicyclic) bond motifs is 4. The van der Waals surface area contributed by atoms with Crippen molar-refractivity contribution in [2.75, 3.05) is 49.6 Å². The number of aromatic nitrogens is 4. The minimum absolute atomic E-state index is 0.445. The SMILES string of the molecule is Cc1ccc2[nH]ncc2c1N1CCc2c(nc(OC[C@@H]3CCCN3C)nc2N2CC3CCC(C2)N3)C1. The molecule has 2 bridgehead atoms. The Balaban J connectivity index is 1.23. The third-order valence-corrected chi connectivity index (χ3v) is 8.73. The van der Waals surface area contributed by atoms with Crippen LogP contribution >= 0.6 is 0 Å². The second-order valence-electron chi connectivity index (χ2n) is 11.1. The van der Waals surface area contributed by atoms with E-state index in [0.29, 0.717) is 30.7 Å². The van der Waals surface area contributed by atoms with Crippen molar-refractivity contribution in [3.63, 3.8) is 0 Å². The molecule has 3 fully saturated rings. The Hall–Kier alpha value is -2.91. The van der Waals surface area contributed by atoms with Gasteiger partial charge in [0.1, 0.15) is 12.4 Å². The van der Waals surface area contributed by atoms with Crippen molar-refractivity contribution in [2.24, 2.45) is 0 Å². The van der Waals surface area contributed by atoms with Gasteiger partial charge in [0, 0.05) is 48.7 Å². The van der Waals surface area contributed by atoms with Gasteiger partial charge in [-0.3, -0.25) is 5.10 Å². The van der Waals surface area contributed by atoms with E-state index in [1.54, 1.807) is 0 Å². The van der Waals surface area contributed by atoms with E-state index in [1.165, 1.54) is 47.9 Å². The number of aromatic amines is 1. The molecule has 3 saturated heterocycles. The normalized spacial score (nSPS) is 26.1. The molecule has 0 spiro atoms. The van der Waals surface area contributed by atoms with E-state index in [4.69, 9.17) is 14.7 Å². The van der Waals surface area contributed by atoms with E-state index >= 15 is 0 Å². The average molecular weight is 489 g/mol. The lowest BCUT2D eigenvalue weighted by atomic mass is 10.0. The highest BCUT2D eigenvalue weighted by atomic mass is 16.5. The zero-order valence-corrected chi connectivity index (χ0v) is 21.3. The summed E-state index contributed by atoms with van der Waals surface area (Å²) in [5.41, 5.74) is 6.00. The quantitative estimate of drug-likeness (QED) is 0.567. The molecule has 2 aromatic heterocycles. The maximum absolute atomic E-state index is 6.31. The van der Waals surface area contributed by atoms with Crippen LogP contribution in [0.4, 0.5) is 11.5 Å². The molecule has 0 saturated carbocycles. The molecule has 3 aromatic rings. The van der Waals surface area contributed by atoms with Gasteiger partial charge in [0.05, 0.1) is 29.6 Å². The van der Waals surface area contributed by atoms with Crippen LogP contribution in [0.25, 0.3) is 10.9 Å². The molecule has 3 atom stereocenters. The lowest BCUT2D eigenvalue weighted by Gasteiger charge is -2.38. The number of nitrogens with zero attached hydrogens (tertiary/aromatic N) is 6. The number of benzene rings is 1. The Morgan fingerprint density at radius 1 is 1.06 bits per heavy atom. The van der Waals surface area contributed by atoms with Crippen LogP contribution < -0.4 is 19.9 Å². The summed E-state index contributed by atoms with van der Waals surface area (Å²) in [7, 11) is 2.19. The summed E-state index contributed by atoms with van der Waals surface area (Å²) >= 11 is 0. The van der Waals surface area contributed by atoms with Gasteiger partial charge in [-0.2, -0.15) is 15.1 Å². The van der Waals surface area contributed by atoms with Gasteiger partial charge in [-0.15, -0.1) is 0 Å². The van der Waals surface area contributed by atoms with Crippen molar-refractivity contribution in [1.82, 2.24) is 30.4 Å². The Morgan fingerprint density at radius 2 is 1.92 bits per heavy atom. The van der Waals surface area contributed by atoms with Crippen molar-refractivity contribution in [2.45, 2.75) is 63.7 Å². The number of hydrogen-bond donors (Lipinski definition) is 2. The van der Waals surface area contributed by atoms with Gasteiger partial charge < -0.3 is 24.8 Å². The van der Waals surface area contributed by atoms with Crippen molar-refractivity contribution in [3.05, 3.63) is 35.2 Å². The number of likely N-dealkylation sites (tertiary alicyclic amines) is 1. The van der Waals surface area contributed by atoms with Gasteiger partial charge in [0.15, 0.2) is 0 Å². The van der Waals surface area contributed by atoms with Crippen molar-refractivity contribution >= 4 is 22.4 Å². The van der Waals surface area contributed by atoms with E-state index in [2.05, 4.69) is 56.3 Å². The Morgan fingerprint density at radius 3 is 2.72 bits per heavy atom. The predicted molar refractivity (Wildman–Crippen MR) is 141 cm³/mol. The van der Waals surface area contributed by atoms with Crippen LogP contribution in [0.1, 0.15) is 42.5 Å². The third-order valence-electron chi connectivity index (χ3n) is 8.73. The molecule has 0 radical (unpaired) electrons. The maximum atomic E-state index is 6.31. The number of rotatable bonds is 5. The van der Waals surface area contributed by atoms with Crippen molar-refractivity contribution < 1.29 is 4.74 Å². The molecule has 4 aliphatic rings. The standard InChI is InChI=1S/C27H36N8O/c1-17-5-8-23-22(12-28-32-23)25(17)34-11-9-21-24(15-34)30-27(36-16-20-4-3-10-33(20)2)31-26(21)35-13-18-6-7-19(14-35)29-18/h5,8,12,18-20,29H,3-4,6-7,9-11,13-16H2,1-2H3,(H,28,32)/t18?,19?,20-/m0/s1. The summed E-state index contributed by atoms with van der Waals surface area (Å²) in [4.78, 5) is 17.4. The van der Waals surface area contributed by atoms with Crippen LogP contribution in [0.5, 0.6) is 6.01 Å². The zero-order valence-electron chi connectivity index (χ0n) is 21.3. The topological polar surface area (TPSA) is 85.4 Å². The highest BCUT2D eigenvalue weighted by molar-refractivity contribution is 5.93. The summed E-state index contributed by atoms with van der Waals surface area (Å²) in [6.45, 7) is 7.71. The number of H-pyrrole nitrogens is 1. The van der Waals surface area contributed by atoms with Gasteiger partial charge in [0.2, 0.25) is 0 Å². The minimum Gasteiger partial charge on any atom is -0.462 e. The minimum atomic E-state index is 0.445. The van der Waals surface area contributed by atoms with E-state index in [-0.39, 0.29) is 0 Å². The second kappa shape index (κ2) is 8.88. The molecule has 6 heterocycles. The lowest BCUT2D eigenvalue weighted by Crippen LogP contribution is -2.52. The van der Waals surface area contributed by atoms with E-state index in [9.17, 15) is 0 Å². The van der Waals surface area contributed by atoms with Gasteiger partial charge in [-0.25, -0.2) is 0 Å². The number of aryl methyl sites for hydroxylation is 1. The number of hydrogen-bond acceptors (Lipinski definition) is 8. The Labute approximate surface area is 212 Å². The third kappa shape index (κ3) is 3.89. The first-order valence-corrected chi connectivity index (χ1v) is 13.5. The maximum Gasteiger partial charge on any atom is 0.318 e. The first-order valence-electron chi connectivity index (χ1n) is 13.5. The zero-order chi connectivity index (χ0) is 24.2. The molecular weight excluding hydrogens is 452 g/mol. The van der Waals surface area contributed by atoms with E-state index in [0.717, 1.165) is 56.2 Å². The highest BCUT2D eigenvalue weighted by Crippen LogP contribution is 2.36. The van der Waals surface area contributed by atoms with Gasteiger partial charge in [-0.05, 0) is 64.3 Å². The number of piperazine rings is 1. The molecule has 4 aliphatic heterocycles. The summed E-state index contributed by atoms with van der Waals surface area (Å²) in [5, 5.41) is 12.4. The summed E-state index contributed by atoms with van der Waals surface area (Å²) < 4.78 is 6.31. The molecule has 1 aromatic carbocycles. The van der Waals surface area contributed by atoms with Crippen LogP contribution in [0.3, 0.4) is 0 Å². The largest absolute Gasteiger partial charge is 0.462 e. The first-order chi connectivity index (χ1) is 17.6. The van der Waals surface area contributed by atoms with Crippen LogP contribution in [0, 0.1) is 6.92 Å². The lowest BCUT2D eigenvalue weighted by molar-refractivity contribution is 0.187. The van der Waals surface area contributed by atoms with Gasteiger partial charge >= 0.3 is 6.01 Å². The van der Waals surface area contributed by atoms with Crippen LogP contribution in [-0.4, -0.2) is 83.0 Å². The van der Waals surface area contributed by atoms with Crippen LogP contribution in [-0.2, 0) is 13.0 Å². The molecule has 9 heteroatoms. The van der Waals surface area contributed by atoms with Gasteiger partial charge in [0.25, 0.3) is 0 Å². The number of ether oxygens (including phenoxy) is 1. The van der Waals surface area contributed by atoms with Crippen molar-refractivity contribution in [1.29, 1.82) is 0 Å². The van der Waals surface area contributed by atoms with E-state index in [1.807, 2.05) is 6.20 Å². The Bertz CT molecular complexity index is 1260. The van der Waals surface area contributed by atoms with Gasteiger partial charge in [-0.1, -0.05) is 6.07 Å². The Kier molecular flexibility index (Phi) is 5.50. The molecule has 2 N–H and O–H groups in total. The second-order valence-corrected chi connectivity index (χ2v) is 11.1. The fourth-order valence-electron chi connectivity index (χ4n) is 6.77. The summed E-state index contributed by atoms with van der Waals surface area (Å²) in [6.07, 6.45) is 7.81. The molecule has 190 valence electrons. The fourth-order valence-corrected chi connectivity index (χ4v) is 6.77. The molecular formula is C27H36N8O. The molecule has 2 unspecified atom stereocenters. The average Bonchev–Trinajstić information content (AvgIpc) is 3.61. The monoisotopic (exact) mass is 488 g/mol. The molecule has 7 rings (SSSR count). The predicted octanol–water partition coefficient (Wildman–Crippen LogP) is 2.64. The molecule has 0 aliphatic carbocycles. The number of anilines is 2. The van der Waals surface area contributed by atoms with Crippen LogP contribution in [0.15, 0.2) is 18.3 Å². The van der Waals surface area contributed by atoms with Crippen LogP contribution in [0.2, 0.25) is 0 Å². The summed E-state index contributed by atoms with van der Waals surface area (Å²) in [6, 6.07) is 6.40. The fraction of sp³-hybridized carbons (Fsp3) is 0.593. The summed E-state index contributed by atoms with van der Waals surface area (Å²) in [5.74, 6) is 1.10. The smallest absolute Gasteiger partial charge is 0.318 e. The number of likely N-dealkylation sites (N-methyl/N-ethyl adjacent to an activating group) is 1. The van der Waals surface area contributed by atoms with Crippen molar-refractivity contribution in [3.8, 4) is 6.01 Å².